The van der Waals surface area contributed by atoms with E-state index < -0.39 is 5.54 Å². The molecule has 4 rings (SSSR count). The lowest BCUT2D eigenvalue weighted by Gasteiger charge is -2.35. The van der Waals surface area contributed by atoms with E-state index in [4.69, 9.17) is 10.3 Å². The van der Waals surface area contributed by atoms with E-state index in [-0.39, 0.29) is 11.8 Å². The van der Waals surface area contributed by atoms with Crippen molar-refractivity contribution in [3.63, 3.8) is 0 Å². The van der Waals surface area contributed by atoms with Gasteiger partial charge in [-0.1, -0.05) is 30.5 Å². The highest BCUT2D eigenvalue weighted by atomic mass is 16.5. The summed E-state index contributed by atoms with van der Waals surface area (Å²) >= 11 is 0. The molecule has 1 saturated carbocycles. The van der Waals surface area contributed by atoms with Crippen LogP contribution < -0.4 is 11.1 Å². The Labute approximate surface area is 141 Å². The van der Waals surface area contributed by atoms with Crippen molar-refractivity contribution < 1.29 is 9.32 Å². The smallest absolute Gasteiger partial charge is 0.249 e. The summed E-state index contributed by atoms with van der Waals surface area (Å²) < 4.78 is 5.29. The monoisotopic (exact) mass is 325 g/mol. The highest BCUT2D eigenvalue weighted by Gasteiger charge is 2.49. The molecule has 2 heterocycles. The summed E-state index contributed by atoms with van der Waals surface area (Å²) in [6.07, 6.45) is 5.56. The van der Waals surface area contributed by atoms with E-state index in [9.17, 15) is 4.79 Å². The fourth-order valence-corrected chi connectivity index (χ4v) is 4.36. The maximum atomic E-state index is 12.7. The van der Waals surface area contributed by atoms with Gasteiger partial charge in [-0.05, 0) is 50.3 Å². The van der Waals surface area contributed by atoms with Crippen LogP contribution in [0.25, 0.3) is 11.1 Å². The summed E-state index contributed by atoms with van der Waals surface area (Å²) in [6, 6.07) is 6.00. The van der Waals surface area contributed by atoms with E-state index in [1.807, 2.05) is 32.0 Å². The maximum absolute atomic E-state index is 12.7. The van der Waals surface area contributed by atoms with E-state index in [1.54, 1.807) is 0 Å². The molecule has 0 spiro atoms. The average molecular weight is 325 g/mol. The first-order chi connectivity index (χ1) is 11.5. The molecule has 1 aliphatic heterocycles. The molecule has 1 amide bonds. The largest absolute Gasteiger partial charge is 0.361 e. The number of nitrogens with zero attached hydrogens (tertiary/aromatic N) is 1. The third-order valence-corrected chi connectivity index (χ3v) is 5.66. The number of benzene rings is 1. The topological polar surface area (TPSA) is 81.2 Å². The van der Waals surface area contributed by atoms with Crippen LogP contribution in [-0.4, -0.2) is 11.1 Å². The van der Waals surface area contributed by atoms with E-state index in [0.717, 1.165) is 59.5 Å². The van der Waals surface area contributed by atoms with E-state index in [2.05, 4.69) is 10.5 Å². The molecular weight excluding hydrogens is 302 g/mol. The van der Waals surface area contributed by atoms with Gasteiger partial charge in [0, 0.05) is 16.8 Å². The number of fused-ring (bicyclic) bond motifs is 1. The number of anilines is 1. The SMILES string of the molecule is Cc1noc(C)c1-c1ccc2c(c1)[C@@](N)(C1CCCCC1)C(=O)N2. The van der Waals surface area contributed by atoms with Gasteiger partial charge in [0.2, 0.25) is 5.91 Å². The zero-order valence-corrected chi connectivity index (χ0v) is 14.2. The molecule has 1 fully saturated rings. The van der Waals surface area contributed by atoms with Crippen LogP contribution in [0.2, 0.25) is 0 Å². The lowest BCUT2D eigenvalue weighted by Crippen LogP contribution is -2.50. The summed E-state index contributed by atoms with van der Waals surface area (Å²) in [5.41, 5.74) is 10.4. The van der Waals surface area contributed by atoms with Crippen LogP contribution in [0.15, 0.2) is 22.7 Å². The van der Waals surface area contributed by atoms with E-state index >= 15 is 0 Å². The number of hydrogen-bond acceptors (Lipinski definition) is 4. The molecule has 0 radical (unpaired) electrons. The molecule has 1 aromatic heterocycles. The highest BCUT2D eigenvalue weighted by molar-refractivity contribution is 6.06. The molecule has 3 N–H and O–H groups in total. The van der Waals surface area contributed by atoms with Crippen molar-refractivity contribution in [1.29, 1.82) is 0 Å². The maximum Gasteiger partial charge on any atom is 0.249 e. The van der Waals surface area contributed by atoms with Gasteiger partial charge in [0.1, 0.15) is 11.3 Å². The molecule has 2 aliphatic rings. The molecule has 0 bridgehead atoms. The number of nitrogens with two attached hydrogens (primary N) is 1. The van der Waals surface area contributed by atoms with Crippen molar-refractivity contribution in [1.82, 2.24) is 5.16 Å². The fraction of sp³-hybridized carbons (Fsp3) is 0.474. The third kappa shape index (κ3) is 2.11. The molecule has 1 aromatic carbocycles. The van der Waals surface area contributed by atoms with Crippen LogP contribution in [0.4, 0.5) is 5.69 Å². The Morgan fingerprint density at radius 3 is 2.67 bits per heavy atom. The number of aromatic nitrogens is 1. The molecule has 0 unspecified atom stereocenters. The molecule has 1 atom stereocenters. The first kappa shape index (κ1) is 15.4. The number of hydrogen-bond donors (Lipinski definition) is 2. The minimum atomic E-state index is -0.926. The Morgan fingerprint density at radius 2 is 2.00 bits per heavy atom. The van der Waals surface area contributed by atoms with Crippen molar-refractivity contribution in [3.05, 3.63) is 35.2 Å². The second kappa shape index (κ2) is 5.45. The zero-order chi connectivity index (χ0) is 16.9. The quantitative estimate of drug-likeness (QED) is 0.883. The predicted molar refractivity (Wildman–Crippen MR) is 92.5 cm³/mol. The normalized spacial score (nSPS) is 24.0. The van der Waals surface area contributed by atoms with Gasteiger partial charge >= 0.3 is 0 Å². The van der Waals surface area contributed by atoms with Gasteiger partial charge in [0.25, 0.3) is 0 Å². The first-order valence-corrected chi connectivity index (χ1v) is 8.70. The Kier molecular flexibility index (Phi) is 3.49. The number of nitrogens with one attached hydrogen (secondary N) is 1. The Balaban J connectivity index is 1.82. The van der Waals surface area contributed by atoms with Crippen molar-refractivity contribution >= 4 is 11.6 Å². The number of amides is 1. The molecule has 5 nitrogen and oxygen atoms in total. The molecule has 24 heavy (non-hydrogen) atoms. The number of aryl methyl sites for hydroxylation is 2. The molecule has 5 heteroatoms. The van der Waals surface area contributed by atoms with E-state index in [0.29, 0.717) is 0 Å². The Hall–Kier alpha value is -2.14. The molecule has 1 aliphatic carbocycles. The summed E-state index contributed by atoms with van der Waals surface area (Å²) in [6.45, 7) is 3.84. The van der Waals surface area contributed by atoms with Crippen LogP contribution >= 0.6 is 0 Å². The molecule has 0 saturated heterocycles. The predicted octanol–water partition coefficient (Wildman–Crippen LogP) is 3.64. The van der Waals surface area contributed by atoms with Crippen molar-refractivity contribution in [2.75, 3.05) is 5.32 Å². The zero-order valence-electron chi connectivity index (χ0n) is 14.2. The molecule has 126 valence electrons. The van der Waals surface area contributed by atoms with Gasteiger partial charge in [0.15, 0.2) is 0 Å². The summed E-state index contributed by atoms with van der Waals surface area (Å²) in [7, 11) is 0. The van der Waals surface area contributed by atoms with Crippen molar-refractivity contribution in [3.8, 4) is 11.1 Å². The van der Waals surface area contributed by atoms with Gasteiger partial charge in [-0.2, -0.15) is 0 Å². The Bertz CT molecular complexity index is 785. The fourth-order valence-electron chi connectivity index (χ4n) is 4.36. The summed E-state index contributed by atoms with van der Waals surface area (Å²) in [4.78, 5) is 12.7. The second-order valence-corrected chi connectivity index (χ2v) is 7.12. The minimum absolute atomic E-state index is 0.0692. The second-order valence-electron chi connectivity index (χ2n) is 7.12. The van der Waals surface area contributed by atoms with Gasteiger partial charge < -0.3 is 15.6 Å². The van der Waals surface area contributed by atoms with Gasteiger partial charge in [-0.25, -0.2) is 0 Å². The van der Waals surface area contributed by atoms with Crippen LogP contribution in [-0.2, 0) is 10.3 Å². The first-order valence-electron chi connectivity index (χ1n) is 8.70. The standard InChI is InChI=1S/C19H23N3O2/c1-11-17(12(2)24-22-11)13-8-9-16-15(10-13)19(20,18(23)21-16)14-6-4-3-5-7-14/h8-10,14H,3-7,20H2,1-2H3,(H,21,23)/t19-/m0/s1. The number of carbonyl (C=O) groups excluding carboxylic acids is 1. The lowest BCUT2D eigenvalue weighted by molar-refractivity contribution is -0.123. The number of carbonyl (C=O) groups is 1. The molecular formula is C19H23N3O2. The van der Waals surface area contributed by atoms with Gasteiger partial charge in [0.05, 0.1) is 5.69 Å². The number of rotatable bonds is 2. The van der Waals surface area contributed by atoms with Gasteiger partial charge in [-0.15, -0.1) is 0 Å². The lowest BCUT2D eigenvalue weighted by atomic mass is 9.72. The third-order valence-electron chi connectivity index (χ3n) is 5.66. The van der Waals surface area contributed by atoms with Crippen LogP contribution in [0.3, 0.4) is 0 Å². The average Bonchev–Trinajstić information content (AvgIpc) is 3.06. The summed E-state index contributed by atoms with van der Waals surface area (Å²) in [5, 5.41) is 7.02. The van der Waals surface area contributed by atoms with Gasteiger partial charge in [-0.3, -0.25) is 4.79 Å². The van der Waals surface area contributed by atoms with Crippen LogP contribution in [0, 0.1) is 19.8 Å². The van der Waals surface area contributed by atoms with Crippen LogP contribution in [0.5, 0.6) is 0 Å². The van der Waals surface area contributed by atoms with Crippen LogP contribution in [0.1, 0.15) is 49.1 Å². The minimum Gasteiger partial charge on any atom is -0.361 e. The van der Waals surface area contributed by atoms with Crippen molar-refractivity contribution in [2.24, 2.45) is 11.7 Å². The van der Waals surface area contributed by atoms with E-state index in [1.165, 1.54) is 6.42 Å². The highest BCUT2D eigenvalue weighted by Crippen LogP contribution is 2.46. The molecule has 2 aromatic rings. The summed E-state index contributed by atoms with van der Waals surface area (Å²) in [5.74, 6) is 0.915. The Morgan fingerprint density at radius 1 is 1.25 bits per heavy atom. The van der Waals surface area contributed by atoms with Crippen molar-refractivity contribution in [2.45, 2.75) is 51.5 Å².